The molecule has 0 aliphatic heterocycles. The number of esters is 1. The van der Waals surface area contributed by atoms with Gasteiger partial charge in [-0.25, -0.2) is 14.4 Å². The van der Waals surface area contributed by atoms with Crippen molar-refractivity contribution in [1.29, 1.82) is 0 Å². The predicted octanol–water partition coefficient (Wildman–Crippen LogP) is 1.18. The zero-order valence-corrected chi connectivity index (χ0v) is 11.4. The third-order valence-corrected chi connectivity index (χ3v) is 2.06. The van der Waals surface area contributed by atoms with E-state index < -0.39 is 17.9 Å². The molecule has 21 heavy (non-hydrogen) atoms. The minimum Gasteiger partial charge on any atom is -0.478 e. The first-order chi connectivity index (χ1) is 9.81. The van der Waals surface area contributed by atoms with Crippen molar-refractivity contribution in [3.63, 3.8) is 0 Å². The van der Waals surface area contributed by atoms with Crippen molar-refractivity contribution < 1.29 is 34.4 Å². The number of carboxylic acid groups (broad SMARTS) is 2. The van der Waals surface area contributed by atoms with E-state index in [2.05, 4.69) is 11.3 Å². The van der Waals surface area contributed by atoms with Gasteiger partial charge in [0.05, 0.1) is 17.7 Å². The number of hydrogen-bond donors (Lipinski definition) is 3. The molecule has 0 fully saturated rings. The third-order valence-electron chi connectivity index (χ3n) is 2.06. The lowest BCUT2D eigenvalue weighted by atomic mass is 10.1. The minimum absolute atomic E-state index is 0.0473. The van der Waals surface area contributed by atoms with Gasteiger partial charge < -0.3 is 20.1 Å². The molecule has 0 aliphatic rings. The number of carbonyl (C=O) groups excluding carboxylic acids is 1. The fraction of sp³-hybridized carbons (Fsp3) is 0.214. The first-order valence-corrected chi connectivity index (χ1v) is 5.80. The van der Waals surface area contributed by atoms with Gasteiger partial charge in [0.25, 0.3) is 0 Å². The number of ether oxygens (including phenoxy) is 1. The maximum atomic E-state index is 10.5. The fourth-order valence-electron chi connectivity index (χ4n) is 1.12. The van der Waals surface area contributed by atoms with Gasteiger partial charge >= 0.3 is 17.9 Å². The number of benzene rings is 1. The molecule has 3 N–H and O–H groups in total. The Morgan fingerprint density at radius 2 is 1.52 bits per heavy atom. The molecule has 0 amide bonds. The Kier molecular flexibility index (Phi) is 8.09. The van der Waals surface area contributed by atoms with Gasteiger partial charge in [-0.15, -0.1) is 0 Å². The molecule has 0 saturated heterocycles. The van der Waals surface area contributed by atoms with E-state index in [4.69, 9.17) is 15.3 Å². The molecule has 1 rings (SSSR count). The average molecular weight is 296 g/mol. The van der Waals surface area contributed by atoms with Gasteiger partial charge in [-0.05, 0) is 19.1 Å². The Balaban J connectivity index is 0.000000400. The van der Waals surface area contributed by atoms with Crippen LogP contribution in [-0.4, -0.2) is 46.4 Å². The summed E-state index contributed by atoms with van der Waals surface area (Å²) in [6, 6.07) is 5.48. The summed E-state index contributed by atoms with van der Waals surface area (Å²) in [4.78, 5) is 31.4. The molecule has 0 aromatic heterocycles. The van der Waals surface area contributed by atoms with Gasteiger partial charge in [0, 0.05) is 5.57 Å². The number of carbonyl (C=O) groups is 3. The summed E-state index contributed by atoms with van der Waals surface area (Å²) < 4.78 is 4.46. The Morgan fingerprint density at radius 1 is 1.10 bits per heavy atom. The van der Waals surface area contributed by atoms with Crippen molar-refractivity contribution in [1.82, 2.24) is 0 Å². The van der Waals surface area contributed by atoms with Gasteiger partial charge in [0.15, 0.2) is 0 Å². The average Bonchev–Trinajstić information content (AvgIpc) is 2.45. The standard InChI is InChI=1S/C8H6O4.C6H10O3/c9-7(10)5-3-1-2-4-6(5)8(11)12;1-5(2)6(8)9-4-3-7/h1-4H,(H,9,10)(H,11,12);7H,1,3-4H2,2H3. The molecule has 0 spiro atoms. The summed E-state index contributed by atoms with van der Waals surface area (Å²) in [5.41, 5.74) is -0.0292. The lowest BCUT2D eigenvalue weighted by Gasteiger charge is -1.99. The normalized spacial score (nSPS) is 9.05. The van der Waals surface area contributed by atoms with Crippen LogP contribution >= 0.6 is 0 Å². The maximum Gasteiger partial charge on any atom is 0.336 e. The van der Waals surface area contributed by atoms with Gasteiger partial charge in [0.2, 0.25) is 0 Å². The van der Waals surface area contributed by atoms with Crippen LogP contribution in [0.3, 0.4) is 0 Å². The van der Waals surface area contributed by atoms with Crippen LogP contribution < -0.4 is 0 Å². The highest BCUT2D eigenvalue weighted by atomic mass is 16.5. The molecular formula is C14H16O7. The predicted molar refractivity (Wildman–Crippen MR) is 73.2 cm³/mol. The minimum atomic E-state index is -1.23. The molecule has 7 nitrogen and oxygen atoms in total. The van der Waals surface area contributed by atoms with E-state index in [1.54, 1.807) is 6.92 Å². The lowest BCUT2D eigenvalue weighted by Crippen LogP contribution is -2.08. The SMILES string of the molecule is C=C(C)C(=O)OCCO.O=C(O)c1ccccc1C(=O)O. The monoisotopic (exact) mass is 296 g/mol. The van der Waals surface area contributed by atoms with Crippen molar-refractivity contribution in [3.8, 4) is 0 Å². The van der Waals surface area contributed by atoms with Crippen LogP contribution in [0.5, 0.6) is 0 Å². The van der Waals surface area contributed by atoms with Gasteiger partial charge in [-0.3, -0.25) is 0 Å². The van der Waals surface area contributed by atoms with Crippen LogP contribution in [0.25, 0.3) is 0 Å². The first kappa shape index (κ1) is 18.3. The number of hydrogen-bond acceptors (Lipinski definition) is 5. The van der Waals surface area contributed by atoms with Gasteiger partial charge in [-0.1, -0.05) is 18.7 Å². The highest BCUT2D eigenvalue weighted by molar-refractivity contribution is 6.01. The zero-order valence-electron chi connectivity index (χ0n) is 11.4. The summed E-state index contributed by atoms with van der Waals surface area (Å²) in [5, 5.41) is 25.3. The molecule has 0 radical (unpaired) electrons. The second-order valence-corrected chi connectivity index (χ2v) is 3.80. The molecule has 0 heterocycles. The van der Waals surface area contributed by atoms with Crippen molar-refractivity contribution in [3.05, 3.63) is 47.5 Å². The summed E-state index contributed by atoms with van der Waals surface area (Å²) in [6.07, 6.45) is 0. The van der Waals surface area contributed by atoms with Crippen LogP contribution in [0.1, 0.15) is 27.6 Å². The van der Waals surface area contributed by atoms with Crippen LogP contribution in [0.2, 0.25) is 0 Å². The van der Waals surface area contributed by atoms with E-state index in [1.165, 1.54) is 24.3 Å². The lowest BCUT2D eigenvalue weighted by molar-refractivity contribution is -0.139. The van der Waals surface area contributed by atoms with Crippen LogP contribution in [-0.2, 0) is 9.53 Å². The molecule has 1 aromatic carbocycles. The number of carboxylic acids is 2. The number of rotatable bonds is 5. The molecule has 1 aromatic rings. The van der Waals surface area contributed by atoms with E-state index >= 15 is 0 Å². The maximum absolute atomic E-state index is 10.5. The number of aliphatic hydroxyl groups is 1. The zero-order chi connectivity index (χ0) is 16.4. The molecular weight excluding hydrogens is 280 g/mol. The Labute approximate surface area is 121 Å². The van der Waals surface area contributed by atoms with Gasteiger partial charge in [-0.2, -0.15) is 0 Å². The smallest absolute Gasteiger partial charge is 0.336 e. The third kappa shape index (κ3) is 6.88. The molecule has 7 heteroatoms. The Morgan fingerprint density at radius 3 is 1.81 bits per heavy atom. The molecule has 0 unspecified atom stereocenters. The van der Waals surface area contributed by atoms with E-state index in [0.29, 0.717) is 5.57 Å². The highest BCUT2D eigenvalue weighted by Gasteiger charge is 2.13. The van der Waals surface area contributed by atoms with E-state index in [0.717, 1.165) is 0 Å². The van der Waals surface area contributed by atoms with E-state index in [-0.39, 0.29) is 24.3 Å². The number of aromatic carboxylic acids is 2. The van der Waals surface area contributed by atoms with Crippen molar-refractivity contribution in [2.75, 3.05) is 13.2 Å². The van der Waals surface area contributed by atoms with E-state index in [1.807, 2.05) is 0 Å². The first-order valence-electron chi connectivity index (χ1n) is 5.80. The quantitative estimate of drug-likeness (QED) is 0.551. The van der Waals surface area contributed by atoms with E-state index in [9.17, 15) is 14.4 Å². The summed E-state index contributed by atoms with van der Waals surface area (Å²) in [7, 11) is 0. The second-order valence-electron chi connectivity index (χ2n) is 3.80. The topological polar surface area (TPSA) is 121 Å². The molecule has 0 bridgehead atoms. The number of aliphatic hydroxyl groups excluding tert-OH is 1. The van der Waals surface area contributed by atoms with Crippen LogP contribution in [0.4, 0.5) is 0 Å². The van der Waals surface area contributed by atoms with Crippen LogP contribution in [0, 0.1) is 0 Å². The molecule has 0 aliphatic carbocycles. The summed E-state index contributed by atoms with van der Waals surface area (Å²) in [6.45, 7) is 4.81. The molecule has 0 saturated carbocycles. The summed E-state index contributed by atoms with van der Waals surface area (Å²) in [5.74, 6) is -2.91. The van der Waals surface area contributed by atoms with Crippen LogP contribution in [0.15, 0.2) is 36.4 Å². The molecule has 114 valence electrons. The van der Waals surface area contributed by atoms with Crippen molar-refractivity contribution in [2.45, 2.75) is 6.92 Å². The fourth-order valence-corrected chi connectivity index (χ4v) is 1.12. The Bertz CT molecular complexity index is 501. The van der Waals surface area contributed by atoms with Gasteiger partial charge in [0.1, 0.15) is 6.61 Å². The largest absolute Gasteiger partial charge is 0.478 e. The second kappa shape index (κ2) is 9.27. The highest BCUT2D eigenvalue weighted by Crippen LogP contribution is 2.07. The summed E-state index contributed by atoms with van der Waals surface area (Å²) >= 11 is 0. The van der Waals surface area contributed by atoms with Crippen molar-refractivity contribution in [2.24, 2.45) is 0 Å². The Hall–Kier alpha value is -2.67. The molecule has 0 atom stereocenters. The van der Waals surface area contributed by atoms with Crippen molar-refractivity contribution >= 4 is 17.9 Å².